The van der Waals surface area contributed by atoms with Crippen molar-refractivity contribution >= 4 is 0 Å². The third kappa shape index (κ3) is 2.45. The van der Waals surface area contributed by atoms with Crippen LogP contribution in [0.1, 0.15) is 36.8 Å². The lowest BCUT2D eigenvalue weighted by Gasteiger charge is -2.36. The number of ether oxygens (including phenoxy) is 1. The summed E-state index contributed by atoms with van der Waals surface area (Å²) in [6, 6.07) is 6.13. The average molecular weight is 235 g/mol. The smallest absolute Gasteiger partial charge is 0.121 e. The van der Waals surface area contributed by atoms with E-state index in [2.05, 4.69) is 6.07 Å². The lowest BCUT2D eigenvalue weighted by atomic mass is 9.76. The highest BCUT2D eigenvalue weighted by Crippen LogP contribution is 2.36. The number of aliphatic hydroxyl groups excluding tert-OH is 1. The van der Waals surface area contributed by atoms with Gasteiger partial charge in [-0.25, -0.2) is 0 Å². The molecule has 0 atom stereocenters. The van der Waals surface area contributed by atoms with Gasteiger partial charge in [0.1, 0.15) is 5.75 Å². The van der Waals surface area contributed by atoms with Crippen molar-refractivity contribution in [3.63, 3.8) is 0 Å². The number of hydrogen-bond acceptors (Lipinski definition) is 3. The van der Waals surface area contributed by atoms with Crippen LogP contribution in [-0.2, 0) is 5.54 Å². The van der Waals surface area contributed by atoms with E-state index < -0.39 is 0 Å². The highest BCUT2D eigenvalue weighted by Gasteiger charge is 2.32. The highest BCUT2D eigenvalue weighted by atomic mass is 16.5. The molecule has 2 rings (SSSR count). The van der Waals surface area contributed by atoms with Crippen LogP contribution in [0.5, 0.6) is 5.75 Å². The average Bonchev–Trinajstić information content (AvgIpc) is 2.33. The molecule has 0 amide bonds. The molecule has 94 valence electrons. The normalized spacial score (nSPS) is 29.1. The molecule has 0 unspecified atom stereocenters. The van der Waals surface area contributed by atoms with Crippen molar-refractivity contribution in [3.8, 4) is 5.75 Å². The number of aliphatic hydroxyl groups is 1. The Morgan fingerprint density at radius 2 is 2.00 bits per heavy atom. The van der Waals surface area contributed by atoms with Crippen molar-refractivity contribution in [1.29, 1.82) is 0 Å². The Labute approximate surface area is 103 Å². The second-order valence-electron chi connectivity index (χ2n) is 5.07. The van der Waals surface area contributed by atoms with E-state index in [1.54, 1.807) is 7.11 Å². The Balaban J connectivity index is 2.24. The number of benzene rings is 1. The molecule has 0 aliphatic heterocycles. The van der Waals surface area contributed by atoms with Gasteiger partial charge in [0.15, 0.2) is 0 Å². The van der Waals surface area contributed by atoms with Gasteiger partial charge in [-0.2, -0.15) is 0 Å². The Hall–Kier alpha value is -1.06. The van der Waals surface area contributed by atoms with Crippen molar-refractivity contribution in [2.45, 2.75) is 44.2 Å². The van der Waals surface area contributed by atoms with Crippen LogP contribution in [-0.4, -0.2) is 18.3 Å². The van der Waals surface area contributed by atoms with Gasteiger partial charge in [-0.1, -0.05) is 12.1 Å². The van der Waals surface area contributed by atoms with Gasteiger partial charge < -0.3 is 15.6 Å². The van der Waals surface area contributed by atoms with Crippen molar-refractivity contribution in [2.75, 3.05) is 7.11 Å². The van der Waals surface area contributed by atoms with Crippen LogP contribution in [0.3, 0.4) is 0 Å². The molecular weight excluding hydrogens is 214 g/mol. The first kappa shape index (κ1) is 12.4. The summed E-state index contributed by atoms with van der Waals surface area (Å²) >= 11 is 0. The summed E-state index contributed by atoms with van der Waals surface area (Å²) in [5.74, 6) is 0.896. The number of methoxy groups -OCH3 is 1. The lowest BCUT2D eigenvalue weighted by Crippen LogP contribution is -2.41. The van der Waals surface area contributed by atoms with Crippen LogP contribution in [0.4, 0.5) is 0 Å². The van der Waals surface area contributed by atoms with E-state index in [0.29, 0.717) is 0 Å². The molecular formula is C14H21NO2. The molecule has 0 spiro atoms. The summed E-state index contributed by atoms with van der Waals surface area (Å²) in [5.41, 5.74) is 8.44. The van der Waals surface area contributed by atoms with Crippen molar-refractivity contribution in [2.24, 2.45) is 5.73 Å². The first-order valence-electron chi connectivity index (χ1n) is 6.17. The van der Waals surface area contributed by atoms with E-state index >= 15 is 0 Å². The summed E-state index contributed by atoms with van der Waals surface area (Å²) in [6.45, 7) is 2.03. The second-order valence-corrected chi connectivity index (χ2v) is 5.07. The monoisotopic (exact) mass is 235 g/mol. The zero-order chi connectivity index (χ0) is 12.5. The molecule has 0 heterocycles. The molecule has 0 radical (unpaired) electrons. The van der Waals surface area contributed by atoms with Gasteiger partial charge in [0.05, 0.1) is 13.2 Å². The molecule has 0 saturated heterocycles. The van der Waals surface area contributed by atoms with Gasteiger partial charge in [0, 0.05) is 5.54 Å². The zero-order valence-corrected chi connectivity index (χ0v) is 10.6. The highest BCUT2D eigenvalue weighted by molar-refractivity contribution is 5.39. The van der Waals surface area contributed by atoms with Gasteiger partial charge in [0.25, 0.3) is 0 Å². The topological polar surface area (TPSA) is 55.5 Å². The molecule has 17 heavy (non-hydrogen) atoms. The van der Waals surface area contributed by atoms with E-state index in [4.69, 9.17) is 10.5 Å². The van der Waals surface area contributed by atoms with E-state index in [1.807, 2.05) is 19.1 Å². The molecule has 1 aromatic rings. The summed E-state index contributed by atoms with van der Waals surface area (Å²) in [4.78, 5) is 0. The number of aryl methyl sites for hydroxylation is 1. The Morgan fingerprint density at radius 1 is 1.35 bits per heavy atom. The minimum Gasteiger partial charge on any atom is -0.496 e. The fraction of sp³-hybridized carbons (Fsp3) is 0.571. The predicted octanol–water partition coefficient (Wildman–Crippen LogP) is 2.09. The van der Waals surface area contributed by atoms with Crippen molar-refractivity contribution in [1.82, 2.24) is 0 Å². The van der Waals surface area contributed by atoms with Gasteiger partial charge in [-0.15, -0.1) is 0 Å². The van der Waals surface area contributed by atoms with Crippen LogP contribution in [0, 0.1) is 6.92 Å². The van der Waals surface area contributed by atoms with Crippen LogP contribution >= 0.6 is 0 Å². The largest absolute Gasteiger partial charge is 0.496 e. The number of nitrogens with two attached hydrogens (primary N) is 1. The maximum Gasteiger partial charge on any atom is 0.121 e. The van der Waals surface area contributed by atoms with Crippen LogP contribution in [0.25, 0.3) is 0 Å². The summed E-state index contributed by atoms with van der Waals surface area (Å²) in [5, 5.41) is 9.55. The third-order valence-corrected chi connectivity index (χ3v) is 3.82. The standard InChI is InChI=1S/C14H21NO2/c1-10-9-11(3-4-13(10)17-2)14(15)7-5-12(16)6-8-14/h3-4,9,12,16H,5-8,15H2,1-2H3. The summed E-state index contributed by atoms with van der Waals surface area (Å²) in [7, 11) is 1.68. The fourth-order valence-corrected chi connectivity index (χ4v) is 2.59. The minimum atomic E-state index is -0.281. The van der Waals surface area contributed by atoms with Crippen LogP contribution < -0.4 is 10.5 Å². The molecule has 3 N–H and O–H groups in total. The minimum absolute atomic E-state index is 0.175. The molecule has 1 fully saturated rings. The van der Waals surface area contributed by atoms with Crippen molar-refractivity contribution < 1.29 is 9.84 Å². The van der Waals surface area contributed by atoms with E-state index in [1.165, 1.54) is 0 Å². The molecule has 3 heteroatoms. The van der Waals surface area contributed by atoms with Gasteiger partial charge >= 0.3 is 0 Å². The predicted molar refractivity (Wildman–Crippen MR) is 68.1 cm³/mol. The van der Waals surface area contributed by atoms with Crippen LogP contribution in [0.15, 0.2) is 18.2 Å². The van der Waals surface area contributed by atoms with Gasteiger partial charge in [0.2, 0.25) is 0 Å². The number of hydrogen-bond donors (Lipinski definition) is 2. The lowest BCUT2D eigenvalue weighted by molar-refractivity contribution is 0.0969. The first-order chi connectivity index (χ1) is 8.05. The van der Waals surface area contributed by atoms with Gasteiger partial charge in [-0.05, 0) is 49.8 Å². The second kappa shape index (κ2) is 4.67. The maximum atomic E-state index is 9.55. The molecule has 1 aliphatic carbocycles. The zero-order valence-electron chi connectivity index (χ0n) is 10.6. The fourth-order valence-electron chi connectivity index (χ4n) is 2.59. The van der Waals surface area contributed by atoms with E-state index in [0.717, 1.165) is 42.6 Å². The van der Waals surface area contributed by atoms with Gasteiger partial charge in [-0.3, -0.25) is 0 Å². The molecule has 1 saturated carbocycles. The molecule has 3 nitrogen and oxygen atoms in total. The Bertz CT molecular complexity index is 395. The van der Waals surface area contributed by atoms with E-state index in [-0.39, 0.29) is 11.6 Å². The third-order valence-electron chi connectivity index (χ3n) is 3.82. The Morgan fingerprint density at radius 3 is 2.53 bits per heavy atom. The van der Waals surface area contributed by atoms with E-state index in [9.17, 15) is 5.11 Å². The molecule has 1 aliphatic rings. The SMILES string of the molecule is COc1ccc(C2(N)CCC(O)CC2)cc1C. The summed E-state index contributed by atoms with van der Waals surface area (Å²) in [6.07, 6.45) is 3.11. The maximum absolute atomic E-state index is 9.55. The molecule has 1 aromatic carbocycles. The molecule has 0 aromatic heterocycles. The molecule has 0 bridgehead atoms. The summed E-state index contributed by atoms with van der Waals surface area (Å²) < 4.78 is 5.26. The quantitative estimate of drug-likeness (QED) is 0.825. The first-order valence-corrected chi connectivity index (χ1v) is 6.17. The number of rotatable bonds is 2. The van der Waals surface area contributed by atoms with Crippen LogP contribution in [0.2, 0.25) is 0 Å². The van der Waals surface area contributed by atoms with Crippen molar-refractivity contribution in [3.05, 3.63) is 29.3 Å². The Kier molecular flexibility index (Phi) is 3.40.